The molecule has 0 bridgehead atoms. The maximum Gasteiger partial charge on any atom is 0.0663 e. The first-order valence-corrected chi connectivity index (χ1v) is 5.21. The van der Waals surface area contributed by atoms with Gasteiger partial charge in [0.1, 0.15) is 0 Å². The smallest absolute Gasteiger partial charge is 0.0663 e. The standard InChI is InChI=1S/C12H17NO/c1-13-8-5-9-14-10-12(13)11-6-3-2-4-7-11/h2-4,6-7,12H,5,8-10H2,1H3. The maximum absolute atomic E-state index is 5.59. The van der Waals surface area contributed by atoms with E-state index in [0.717, 1.165) is 26.2 Å². The predicted octanol–water partition coefficient (Wildman–Crippen LogP) is 2.08. The van der Waals surface area contributed by atoms with Gasteiger partial charge < -0.3 is 4.74 Å². The van der Waals surface area contributed by atoms with E-state index in [-0.39, 0.29) is 0 Å². The minimum absolute atomic E-state index is 0.429. The zero-order valence-corrected chi connectivity index (χ0v) is 8.65. The molecule has 0 spiro atoms. The molecule has 1 unspecified atom stereocenters. The molecule has 14 heavy (non-hydrogen) atoms. The Hall–Kier alpha value is -0.860. The molecule has 1 aromatic carbocycles. The van der Waals surface area contributed by atoms with Gasteiger partial charge in [0.15, 0.2) is 0 Å². The normalized spacial score (nSPS) is 24.5. The van der Waals surface area contributed by atoms with Crippen molar-refractivity contribution >= 4 is 0 Å². The SMILES string of the molecule is CN1CCCOCC1c1ccccc1. The molecule has 1 heterocycles. The number of rotatable bonds is 1. The summed E-state index contributed by atoms with van der Waals surface area (Å²) in [5.41, 5.74) is 1.36. The summed E-state index contributed by atoms with van der Waals surface area (Å²) in [7, 11) is 2.17. The third-order valence-electron chi connectivity index (χ3n) is 2.79. The van der Waals surface area contributed by atoms with Crippen molar-refractivity contribution in [1.82, 2.24) is 4.90 Å². The summed E-state index contributed by atoms with van der Waals surface area (Å²) in [6.07, 6.45) is 1.14. The third kappa shape index (κ3) is 2.14. The molecular weight excluding hydrogens is 174 g/mol. The van der Waals surface area contributed by atoms with Gasteiger partial charge in [-0.2, -0.15) is 0 Å². The van der Waals surface area contributed by atoms with Crippen molar-refractivity contribution in [2.45, 2.75) is 12.5 Å². The molecule has 1 saturated heterocycles. The lowest BCUT2D eigenvalue weighted by molar-refractivity contribution is 0.109. The molecule has 0 radical (unpaired) electrons. The molecule has 76 valence electrons. The van der Waals surface area contributed by atoms with E-state index in [9.17, 15) is 0 Å². The van der Waals surface area contributed by atoms with E-state index in [1.807, 2.05) is 0 Å². The molecule has 1 atom stereocenters. The number of ether oxygens (including phenoxy) is 1. The Morgan fingerprint density at radius 2 is 2.07 bits per heavy atom. The average molecular weight is 191 g/mol. The van der Waals surface area contributed by atoms with Crippen LogP contribution in [0.3, 0.4) is 0 Å². The fourth-order valence-corrected chi connectivity index (χ4v) is 1.92. The van der Waals surface area contributed by atoms with Gasteiger partial charge in [-0.25, -0.2) is 0 Å². The van der Waals surface area contributed by atoms with Gasteiger partial charge in [0.2, 0.25) is 0 Å². The molecule has 2 nitrogen and oxygen atoms in total. The number of hydrogen-bond acceptors (Lipinski definition) is 2. The summed E-state index contributed by atoms with van der Waals surface area (Å²) in [5, 5.41) is 0. The largest absolute Gasteiger partial charge is 0.379 e. The van der Waals surface area contributed by atoms with E-state index in [1.165, 1.54) is 5.56 Å². The van der Waals surface area contributed by atoms with Crippen molar-refractivity contribution in [2.24, 2.45) is 0 Å². The Kier molecular flexibility index (Phi) is 3.17. The Bertz CT molecular complexity index is 273. The predicted molar refractivity (Wildman–Crippen MR) is 57.2 cm³/mol. The van der Waals surface area contributed by atoms with E-state index in [2.05, 4.69) is 42.3 Å². The highest BCUT2D eigenvalue weighted by Gasteiger charge is 2.19. The van der Waals surface area contributed by atoms with Crippen LogP contribution in [0.4, 0.5) is 0 Å². The van der Waals surface area contributed by atoms with Gasteiger partial charge in [0.05, 0.1) is 12.6 Å². The molecule has 1 fully saturated rings. The van der Waals surface area contributed by atoms with Crippen LogP contribution in [0.1, 0.15) is 18.0 Å². The Morgan fingerprint density at radius 3 is 2.86 bits per heavy atom. The van der Waals surface area contributed by atoms with Gasteiger partial charge >= 0.3 is 0 Å². The average Bonchev–Trinajstić information content (AvgIpc) is 2.44. The maximum atomic E-state index is 5.59. The van der Waals surface area contributed by atoms with Gasteiger partial charge in [-0.3, -0.25) is 4.90 Å². The summed E-state index contributed by atoms with van der Waals surface area (Å²) < 4.78 is 5.59. The fraction of sp³-hybridized carbons (Fsp3) is 0.500. The molecule has 1 aromatic rings. The van der Waals surface area contributed by atoms with E-state index >= 15 is 0 Å². The van der Waals surface area contributed by atoms with Gasteiger partial charge in [0.25, 0.3) is 0 Å². The minimum atomic E-state index is 0.429. The lowest BCUT2D eigenvalue weighted by Crippen LogP contribution is -2.26. The quantitative estimate of drug-likeness (QED) is 0.674. The monoisotopic (exact) mass is 191 g/mol. The second kappa shape index (κ2) is 4.58. The van der Waals surface area contributed by atoms with Crippen LogP contribution in [0, 0.1) is 0 Å². The lowest BCUT2D eigenvalue weighted by Gasteiger charge is -2.25. The summed E-state index contributed by atoms with van der Waals surface area (Å²) in [5.74, 6) is 0. The number of benzene rings is 1. The minimum Gasteiger partial charge on any atom is -0.379 e. The Balaban J connectivity index is 2.15. The van der Waals surface area contributed by atoms with Crippen molar-refractivity contribution in [3.05, 3.63) is 35.9 Å². The van der Waals surface area contributed by atoms with Crippen LogP contribution in [0.5, 0.6) is 0 Å². The van der Waals surface area contributed by atoms with Crippen LogP contribution >= 0.6 is 0 Å². The Morgan fingerprint density at radius 1 is 1.29 bits per heavy atom. The van der Waals surface area contributed by atoms with Crippen LogP contribution < -0.4 is 0 Å². The van der Waals surface area contributed by atoms with Crippen LogP contribution in [-0.2, 0) is 4.74 Å². The molecule has 0 aromatic heterocycles. The van der Waals surface area contributed by atoms with Crippen molar-refractivity contribution in [3.8, 4) is 0 Å². The topological polar surface area (TPSA) is 12.5 Å². The molecule has 2 heteroatoms. The van der Waals surface area contributed by atoms with Crippen LogP contribution in [0.2, 0.25) is 0 Å². The van der Waals surface area contributed by atoms with Gasteiger partial charge in [-0.05, 0) is 19.0 Å². The highest BCUT2D eigenvalue weighted by atomic mass is 16.5. The highest BCUT2D eigenvalue weighted by molar-refractivity contribution is 5.19. The molecule has 0 saturated carbocycles. The van der Waals surface area contributed by atoms with Crippen molar-refractivity contribution in [1.29, 1.82) is 0 Å². The van der Waals surface area contributed by atoms with Crippen molar-refractivity contribution in [3.63, 3.8) is 0 Å². The third-order valence-corrected chi connectivity index (χ3v) is 2.79. The fourth-order valence-electron chi connectivity index (χ4n) is 1.92. The zero-order chi connectivity index (χ0) is 9.80. The van der Waals surface area contributed by atoms with Crippen LogP contribution in [0.15, 0.2) is 30.3 Å². The highest BCUT2D eigenvalue weighted by Crippen LogP contribution is 2.21. The summed E-state index contributed by atoms with van der Waals surface area (Å²) >= 11 is 0. The summed E-state index contributed by atoms with van der Waals surface area (Å²) in [4.78, 5) is 2.38. The van der Waals surface area contributed by atoms with E-state index in [1.54, 1.807) is 0 Å². The molecule has 1 aliphatic rings. The second-order valence-corrected chi connectivity index (χ2v) is 3.84. The number of nitrogens with zero attached hydrogens (tertiary/aromatic N) is 1. The molecular formula is C12H17NO. The molecule has 0 aliphatic carbocycles. The molecule has 1 aliphatic heterocycles. The van der Waals surface area contributed by atoms with Crippen LogP contribution in [0.25, 0.3) is 0 Å². The molecule has 0 N–H and O–H groups in total. The van der Waals surface area contributed by atoms with Gasteiger partial charge in [-0.15, -0.1) is 0 Å². The van der Waals surface area contributed by atoms with Crippen LogP contribution in [-0.4, -0.2) is 31.7 Å². The number of hydrogen-bond donors (Lipinski definition) is 0. The lowest BCUT2D eigenvalue weighted by atomic mass is 10.1. The van der Waals surface area contributed by atoms with Crippen molar-refractivity contribution < 1.29 is 4.74 Å². The summed E-state index contributed by atoms with van der Waals surface area (Å²) in [6, 6.07) is 11.0. The zero-order valence-electron chi connectivity index (χ0n) is 8.65. The van der Waals surface area contributed by atoms with Crippen molar-refractivity contribution in [2.75, 3.05) is 26.8 Å². The molecule has 0 amide bonds. The summed E-state index contributed by atoms with van der Waals surface area (Å²) in [6.45, 7) is 2.84. The van der Waals surface area contributed by atoms with E-state index < -0.39 is 0 Å². The first-order valence-electron chi connectivity index (χ1n) is 5.21. The number of likely N-dealkylation sites (N-methyl/N-ethyl adjacent to an activating group) is 1. The van der Waals surface area contributed by atoms with Gasteiger partial charge in [0, 0.05) is 13.2 Å². The van der Waals surface area contributed by atoms with E-state index in [0.29, 0.717) is 6.04 Å². The van der Waals surface area contributed by atoms with Gasteiger partial charge in [-0.1, -0.05) is 30.3 Å². The first kappa shape index (κ1) is 9.69. The Labute approximate surface area is 85.5 Å². The first-order chi connectivity index (χ1) is 6.88. The molecule has 2 rings (SSSR count). The second-order valence-electron chi connectivity index (χ2n) is 3.84. The van der Waals surface area contributed by atoms with E-state index in [4.69, 9.17) is 4.74 Å².